The van der Waals surface area contributed by atoms with E-state index in [1.54, 1.807) is 0 Å². The van der Waals surface area contributed by atoms with Gasteiger partial charge in [0.2, 0.25) is 10.0 Å². The molecule has 1 heterocycles. The van der Waals surface area contributed by atoms with Crippen LogP contribution in [0.4, 0.5) is 0 Å². The fraction of sp³-hybridized carbons (Fsp3) is 0.286. The van der Waals surface area contributed by atoms with Crippen LogP contribution in [0.25, 0.3) is 0 Å². The molecule has 0 unspecified atom stereocenters. The van der Waals surface area contributed by atoms with Crippen molar-refractivity contribution in [2.75, 3.05) is 13.3 Å². The quantitative estimate of drug-likeness (QED) is 0.821. The van der Waals surface area contributed by atoms with Gasteiger partial charge in [0.1, 0.15) is 0 Å². The third kappa shape index (κ3) is 3.57. The Hall–Kier alpha value is -1.22. The normalized spacial score (nSPS) is 12.7. The smallest absolute Gasteiger partial charge is 0.224 e. The van der Waals surface area contributed by atoms with Gasteiger partial charge in [0.05, 0.1) is 9.79 Å². The highest BCUT2D eigenvalue weighted by Gasteiger charge is 2.23. The molecule has 0 atom stereocenters. The molecule has 2 rings (SSSR count). The second kappa shape index (κ2) is 6.11. The third-order valence-electron chi connectivity index (χ3n) is 3.28. The molecule has 0 saturated carbocycles. The van der Waals surface area contributed by atoms with E-state index in [0.717, 1.165) is 16.7 Å². The Labute approximate surface area is 135 Å². The van der Waals surface area contributed by atoms with E-state index in [1.165, 1.54) is 47.0 Å². The van der Waals surface area contributed by atoms with Crippen LogP contribution in [-0.4, -0.2) is 34.4 Å². The molecule has 5 nitrogen and oxygen atoms in total. The number of hydrogen-bond donors (Lipinski definition) is 0. The van der Waals surface area contributed by atoms with Gasteiger partial charge in [0.15, 0.2) is 9.84 Å². The number of hydrogen-bond acceptors (Lipinski definition) is 5. The van der Waals surface area contributed by atoms with Crippen LogP contribution in [0.15, 0.2) is 45.5 Å². The van der Waals surface area contributed by atoms with E-state index in [1.807, 2.05) is 18.4 Å². The van der Waals surface area contributed by atoms with Gasteiger partial charge >= 0.3 is 0 Å². The van der Waals surface area contributed by atoms with E-state index in [-0.39, 0.29) is 16.3 Å². The van der Waals surface area contributed by atoms with Crippen molar-refractivity contribution < 1.29 is 16.8 Å². The lowest BCUT2D eigenvalue weighted by molar-refractivity contribution is 0.469. The van der Waals surface area contributed by atoms with Gasteiger partial charge in [-0.3, -0.25) is 0 Å². The Morgan fingerprint density at radius 3 is 2.27 bits per heavy atom. The topological polar surface area (TPSA) is 71.5 Å². The summed E-state index contributed by atoms with van der Waals surface area (Å²) < 4.78 is 49.6. The predicted octanol–water partition coefficient (Wildman–Crippen LogP) is 2.28. The van der Waals surface area contributed by atoms with Gasteiger partial charge in [0, 0.05) is 24.7 Å². The van der Waals surface area contributed by atoms with Crippen LogP contribution in [0.5, 0.6) is 0 Å². The monoisotopic (exact) mass is 359 g/mol. The average Bonchev–Trinajstić information content (AvgIpc) is 2.83. The first kappa shape index (κ1) is 17.1. The zero-order valence-corrected chi connectivity index (χ0v) is 14.9. The second-order valence-corrected chi connectivity index (χ2v) is 10.1. The van der Waals surface area contributed by atoms with E-state index >= 15 is 0 Å². The van der Waals surface area contributed by atoms with Crippen LogP contribution in [0.2, 0.25) is 0 Å². The van der Waals surface area contributed by atoms with Gasteiger partial charge in [0.25, 0.3) is 0 Å². The van der Waals surface area contributed by atoms with Crippen molar-refractivity contribution in [3.05, 3.63) is 46.2 Å². The molecule has 0 saturated heterocycles. The van der Waals surface area contributed by atoms with Crippen LogP contribution in [-0.2, 0) is 26.4 Å². The lowest BCUT2D eigenvalue weighted by Crippen LogP contribution is -2.26. The Bertz CT molecular complexity index is 882. The second-order valence-electron chi connectivity index (χ2n) is 5.03. The summed E-state index contributed by atoms with van der Waals surface area (Å²) in [5, 5.41) is 1.91. The number of nitrogens with zero attached hydrogens (tertiary/aromatic N) is 1. The summed E-state index contributed by atoms with van der Waals surface area (Å²) in [6.45, 7) is 2.19. The molecule has 0 N–H and O–H groups in total. The average molecular weight is 359 g/mol. The molecular weight excluding hydrogens is 342 g/mol. The van der Waals surface area contributed by atoms with E-state index in [9.17, 15) is 16.8 Å². The van der Waals surface area contributed by atoms with E-state index < -0.39 is 19.9 Å². The van der Waals surface area contributed by atoms with Crippen molar-refractivity contribution in [1.82, 2.24) is 4.31 Å². The fourth-order valence-electron chi connectivity index (χ4n) is 1.90. The van der Waals surface area contributed by atoms with Crippen LogP contribution in [0, 0.1) is 6.92 Å². The maximum atomic E-state index is 12.6. The van der Waals surface area contributed by atoms with Gasteiger partial charge < -0.3 is 0 Å². The first-order chi connectivity index (χ1) is 10.1. The highest BCUT2D eigenvalue weighted by Crippen LogP contribution is 2.23. The Morgan fingerprint density at radius 1 is 1.09 bits per heavy atom. The van der Waals surface area contributed by atoms with Crippen molar-refractivity contribution >= 4 is 31.2 Å². The van der Waals surface area contributed by atoms with Gasteiger partial charge in [-0.05, 0) is 42.1 Å². The molecule has 120 valence electrons. The van der Waals surface area contributed by atoms with Crippen molar-refractivity contribution in [3.63, 3.8) is 0 Å². The molecule has 0 aliphatic carbocycles. The van der Waals surface area contributed by atoms with Gasteiger partial charge in [-0.15, -0.1) is 11.3 Å². The maximum absolute atomic E-state index is 12.6. The summed E-state index contributed by atoms with van der Waals surface area (Å²) in [5.74, 6) is 0. The van der Waals surface area contributed by atoms with Crippen LogP contribution >= 0.6 is 11.3 Å². The fourth-order valence-corrected chi connectivity index (χ4v) is 4.87. The Morgan fingerprint density at radius 2 is 1.73 bits per heavy atom. The summed E-state index contributed by atoms with van der Waals surface area (Å²) >= 11 is 1.49. The lowest BCUT2D eigenvalue weighted by atomic mass is 10.3. The van der Waals surface area contributed by atoms with E-state index in [4.69, 9.17) is 0 Å². The number of aryl methyl sites for hydroxylation is 1. The number of sulfone groups is 1. The Kier molecular flexibility index (Phi) is 4.76. The van der Waals surface area contributed by atoms with Crippen LogP contribution in [0.1, 0.15) is 10.4 Å². The van der Waals surface area contributed by atoms with E-state index in [2.05, 4.69) is 0 Å². The SMILES string of the molecule is Cc1ccsc1CN(C)S(=O)(=O)c1cccc(S(C)(=O)=O)c1. The molecule has 0 aliphatic rings. The molecule has 0 aliphatic heterocycles. The van der Waals surface area contributed by atoms with Crippen molar-refractivity contribution in [2.45, 2.75) is 23.3 Å². The molecule has 1 aromatic heterocycles. The molecular formula is C14H17NO4S3. The maximum Gasteiger partial charge on any atom is 0.243 e. The first-order valence-electron chi connectivity index (χ1n) is 6.42. The number of sulfonamides is 1. The van der Waals surface area contributed by atoms with Gasteiger partial charge in [-0.2, -0.15) is 4.31 Å². The zero-order chi connectivity index (χ0) is 16.5. The Balaban J connectivity index is 2.36. The number of rotatable bonds is 5. The summed E-state index contributed by atoms with van der Waals surface area (Å²) in [4.78, 5) is 0.937. The minimum atomic E-state index is -3.74. The van der Waals surface area contributed by atoms with Gasteiger partial charge in [-0.25, -0.2) is 16.8 Å². The van der Waals surface area contributed by atoms with Crippen molar-refractivity contribution in [1.29, 1.82) is 0 Å². The molecule has 1 aromatic carbocycles. The van der Waals surface area contributed by atoms with Gasteiger partial charge in [-0.1, -0.05) is 6.07 Å². The van der Waals surface area contributed by atoms with Crippen LogP contribution in [0.3, 0.4) is 0 Å². The molecule has 0 amide bonds. The molecule has 0 bridgehead atoms. The molecule has 2 aromatic rings. The largest absolute Gasteiger partial charge is 0.243 e. The molecule has 0 fully saturated rings. The standard InChI is InChI=1S/C14H17NO4S3/c1-11-7-8-20-14(11)10-15(2)22(18,19)13-6-4-5-12(9-13)21(3,16)17/h4-9H,10H2,1-3H3. The summed E-state index contributed by atoms with van der Waals surface area (Å²) in [6.07, 6.45) is 1.05. The molecule has 0 radical (unpaired) electrons. The first-order valence-corrected chi connectivity index (χ1v) is 10.6. The predicted molar refractivity (Wildman–Crippen MR) is 87.3 cm³/mol. The number of benzene rings is 1. The summed E-state index contributed by atoms with van der Waals surface area (Å²) in [6, 6.07) is 7.36. The third-order valence-corrected chi connectivity index (χ3v) is 7.19. The minimum absolute atomic E-state index is 0.00530. The minimum Gasteiger partial charge on any atom is -0.224 e. The van der Waals surface area contributed by atoms with Crippen molar-refractivity contribution in [3.8, 4) is 0 Å². The molecule has 8 heteroatoms. The highest BCUT2D eigenvalue weighted by atomic mass is 32.2. The molecule has 0 spiro atoms. The summed E-state index contributed by atoms with van der Waals surface area (Å²) in [7, 11) is -5.70. The lowest BCUT2D eigenvalue weighted by Gasteiger charge is -2.17. The number of thiophene rings is 1. The van der Waals surface area contributed by atoms with E-state index in [0.29, 0.717) is 0 Å². The molecule has 22 heavy (non-hydrogen) atoms. The van der Waals surface area contributed by atoms with Crippen molar-refractivity contribution in [2.24, 2.45) is 0 Å². The zero-order valence-electron chi connectivity index (χ0n) is 12.5. The van der Waals surface area contributed by atoms with Crippen LogP contribution < -0.4 is 0 Å². The summed E-state index contributed by atoms with van der Waals surface area (Å²) in [5.41, 5.74) is 1.04. The highest BCUT2D eigenvalue weighted by molar-refractivity contribution is 7.91.